The van der Waals surface area contributed by atoms with Gasteiger partial charge in [0.2, 0.25) is 0 Å². The minimum absolute atomic E-state index is 0.634. The summed E-state index contributed by atoms with van der Waals surface area (Å²) < 4.78 is 0. The van der Waals surface area contributed by atoms with Gasteiger partial charge in [0.15, 0.2) is 0 Å². The Morgan fingerprint density at radius 1 is 0.455 bits per heavy atom. The predicted molar refractivity (Wildman–Crippen MR) is 142 cm³/mol. The van der Waals surface area contributed by atoms with E-state index in [4.69, 9.17) is 9.98 Å². The molecule has 4 aromatic rings. The van der Waals surface area contributed by atoms with Crippen LogP contribution in [-0.2, 0) is 0 Å². The van der Waals surface area contributed by atoms with Crippen LogP contribution in [0.25, 0.3) is 0 Å². The third kappa shape index (κ3) is 5.35. The highest BCUT2D eigenvalue weighted by Gasteiger charge is 2.14. The number of hydrogen-bond acceptors (Lipinski definition) is 2. The maximum Gasteiger partial charge on any atom is 0.0691 e. The number of benzene rings is 4. The van der Waals surface area contributed by atoms with E-state index >= 15 is 0 Å². The molecule has 0 atom stereocenters. The number of nitrogens with zero attached hydrogens (tertiary/aromatic N) is 2. The fourth-order valence-corrected chi connectivity index (χ4v) is 4.07. The van der Waals surface area contributed by atoms with Crippen LogP contribution in [0.4, 0.5) is 11.4 Å². The van der Waals surface area contributed by atoms with Gasteiger partial charge in [-0.1, -0.05) is 97.1 Å². The maximum atomic E-state index is 5.22. The van der Waals surface area contributed by atoms with Crippen molar-refractivity contribution in [3.8, 4) is 0 Å². The summed E-state index contributed by atoms with van der Waals surface area (Å²) in [5.41, 5.74) is 11.0. The Balaban J connectivity index is 1.89. The molecule has 0 aliphatic rings. The highest BCUT2D eigenvalue weighted by molar-refractivity contribution is 6.19. The van der Waals surface area contributed by atoms with Crippen molar-refractivity contribution in [1.29, 1.82) is 0 Å². The quantitative estimate of drug-likeness (QED) is 0.275. The van der Waals surface area contributed by atoms with Gasteiger partial charge in [-0.3, -0.25) is 9.98 Å². The molecule has 33 heavy (non-hydrogen) atoms. The van der Waals surface area contributed by atoms with Crippen molar-refractivity contribution in [1.82, 2.24) is 0 Å². The number of para-hydroxylation sites is 2. The summed E-state index contributed by atoms with van der Waals surface area (Å²) in [7, 11) is 0. The highest BCUT2D eigenvalue weighted by Crippen LogP contribution is 2.28. The molecule has 0 fully saturated rings. The Bertz CT molecular complexity index is 1160. The molecule has 4 rings (SSSR count). The van der Waals surface area contributed by atoms with Gasteiger partial charge in [-0.15, -0.1) is 0 Å². The third-order valence-corrected chi connectivity index (χ3v) is 5.92. The van der Waals surface area contributed by atoms with E-state index in [9.17, 15) is 0 Å². The summed E-state index contributed by atoms with van der Waals surface area (Å²) >= 11 is 0. The molecular formula is C31H30N2. The number of aryl methyl sites for hydroxylation is 4. The van der Waals surface area contributed by atoms with Gasteiger partial charge < -0.3 is 0 Å². The van der Waals surface area contributed by atoms with E-state index < -0.39 is 0 Å². The average Bonchev–Trinajstić information content (AvgIpc) is 2.83. The summed E-state index contributed by atoms with van der Waals surface area (Å²) in [6, 6.07) is 33.6. The van der Waals surface area contributed by atoms with Crippen molar-refractivity contribution in [2.75, 3.05) is 0 Å². The first-order chi connectivity index (χ1) is 16.0. The molecule has 0 radical (unpaired) electrons. The Morgan fingerprint density at radius 3 is 1.12 bits per heavy atom. The number of rotatable bonds is 6. The molecule has 0 saturated heterocycles. The second kappa shape index (κ2) is 10.2. The standard InChI is InChI=1S/C31H30N2/c1-22-13-11-14-23(2)30(22)32-28(26-17-7-5-8-18-26)21-29(27-19-9-6-10-20-27)33-31-24(3)15-12-16-25(31)4/h5-20H,21H2,1-4H3. The van der Waals surface area contributed by atoms with Crippen LogP contribution in [0.5, 0.6) is 0 Å². The van der Waals surface area contributed by atoms with E-state index in [-0.39, 0.29) is 0 Å². The Kier molecular flexibility index (Phi) is 6.95. The van der Waals surface area contributed by atoms with Gasteiger partial charge in [0.25, 0.3) is 0 Å². The van der Waals surface area contributed by atoms with Crippen LogP contribution >= 0.6 is 0 Å². The Morgan fingerprint density at radius 2 is 0.788 bits per heavy atom. The predicted octanol–water partition coefficient (Wildman–Crippen LogP) is 8.25. The SMILES string of the molecule is Cc1cccc(C)c1N=C(CC(=Nc1c(C)cccc1C)c1ccccc1)c1ccccc1. The minimum Gasteiger partial charge on any atom is -0.252 e. The molecule has 0 spiro atoms. The summed E-state index contributed by atoms with van der Waals surface area (Å²) in [6.07, 6.45) is 0.634. The summed E-state index contributed by atoms with van der Waals surface area (Å²) in [5, 5.41) is 0. The molecule has 0 N–H and O–H groups in total. The zero-order valence-corrected chi connectivity index (χ0v) is 19.8. The molecule has 0 bridgehead atoms. The lowest BCUT2D eigenvalue weighted by Gasteiger charge is -2.14. The second-order valence-electron chi connectivity index (χ2n) is 8.51. The molecule has 4 aromatic carbocycles. The molecular weight excluding hydrogens is 400 g/mol. The number of hydrogen-bond donors (Lipinski definition) is 0. The minimum atomic E-state index is 0.634. The van der Waals surface area contributed by atoms with E-state index in [1.807, 2.05) is 12.1 Å². The van der Waals surface area contributed by atoms with Crippen molar-refractivity contribution >= 4 is 22.8 Å². The van der Waals surface area contributed by atoms with Crippen molar-refractivity contribution in [2.45, 2.75) is 34.1 Å². The first kappa shape index (κ1) is 22.4. The van der Waals surface area contributed by atoms with Crippen LogP contribution in [0.3, 0.4) is 0 Å². The average molecular weight is 431 g/mol. The summed E-state index contributed by atoms with van der Waals surface area (Å²) in [4.78, 5) is 10.4. The van der Waals surface area contributed by atoms with Crippen molar-refractivity contribution in [3.63, 3.8) is 0 Å². The van der Waals surface area contributed by atoms with Gasteiger partial charge in [0.1, 0.15) is 0 Å². The van der Waals surface area contributed by atoms with Gasteiger partial charge in [-0.25, -0.2) is 0 Å². The fourth-order valence-electron chi connectivity index (χ4n) is 4.07. The lowest BCUT2D eigenvalue weighted by Crippen LogP contribution is -2.11. The molecule has 0 aromatic heterocycles. The topological polar surface area (TPSA) is 24.7 Å². The van der Waals surface area contributed by atoms with Gasteiger partial charge in [0.05, 0.1) is 22.8 Å². The van der Waals surface area contributed by atoms with E-state index in [0.29, 0.717) is 6.42 Å². The molecule has 0 amide bonds. The van der Waals surface area contributed by atoms with Crippen LogP contribution in [0.1, 0.15) is 39.8 Å². The monoisotopic (exact) mass is 430 g/mol. The third-order valence-electron chi connectivity index (χ3n) is 5.92. The summed E-state index contributed by atoms with van der Waals surface area (Å²) in [5.74, 6) is 0. The van der Waals surface area contributed by atoms with E-state index in [0.717, 1.165) is 33.9 Å². The molecule has 164 valence electrons. The van der Waals surface area contributed by atoms with Crippen LogP contribution in [0.15, 0.2) is 107 Å². The van der Waals surface area contributed by atoms with Crippen molar-refractivity contribution < 1.29 is 0 Å². The molecule has 0 saturated carbocycles. The maximum absolute atomic E-state index is 5.22. The molecule has 0 aliphatic carbocycles. The van der Waals surface area contributed by atoms with Crippen LogP contribution in [-0.4, -0.2) is 11.4 Å². The smallest absolute Gasteiger partial charge is 0.0691 e. The first-order valence-corrected chi connectivity index (χ1v) is 11.4. The van der Waals surface area contributed by atoms with Gasteiger partial charge in [-0.2, -0.15) is 0 Å². The fraction of sp³-hybridized carbons (Fsp3) is 0.161. The lowest BCUT2D eigenvalue weighted by molar-refractivity contribution is 1.29. The Hall–Kier alpha value is -3.78. The van der Waals surface area contributed by atoms with Gasteiger partial charge in [0, 0.05) is 6.42 Å². The molecule has 0 heterocycles. The van der Waals surface area contributed by atoms with Crippen molar-refractivity contribution in [3.05, 3.63) is 130 Å². The molecule has 2 nitrogen and oxygen atoms in total. The normalized spacial score (nSPS) is 12.1. The Labute approximate surface area is 197 Å². The van der Waals surface area contributed by atoms with Crippen LogP contribution in [0.2, 0.25) is 0 Å². The van der Waals surface area contributed by atoms with E-state index in [1.165, 1.54) is 22.3 Å². The van der Waals surface area contributed by atoms with Crippen LogP contribution in [0, 0.1) is 27.7 Å². The molecule has 0 aliphatic heterocycles. The zero-order chi connectivity index (χ0) is 23.2. The molecule has 2 heteroatoms. The largest absolute Gasteiger partial charge is 0.252 e. The highest BCUT2D eigenvalue weighted by atomic mass is 14.8. The first-order valence-electron chi connectivity index (χ1n) is 11.4. The summed E-state index contributed by atoms with van der Waals surface area (Å²) in [6.45, 7) is 8.49. The van der Waals surface area contributed by atoms with E-state index in [1.54, 1.807) is 0 Å². The van der Waals surface area contributed by atoms with Crippen molar-refractivity contribution in [2.24, 2.45) is 9.98 Å². The zero-order valence-electron chi connectivity index (χ0n) is 19.8. The molecule has 0 unspecified atom stereocenters. The van der Waals surface area contributed by atoms with E-state index in [2.05, 4.69) is 113 Å². The second-order valence-corrected chi connectivity index (χ2v) is 8.51. The number of aliphatic imine (C=N–C) groups is 2. The van der Waals surface area contributed by atoms with Gasteiger partial charge >= 0.3 is 0 Å². The van der Waals surface area contributed by atoms with Crippen LogP contribution < -0.4 is 0 Å². The lowest BCUT2D eigenvalue weighted by atomic mass is 9.98. The van der Waals surface area contributed by atoms with Gasteiger partial charge in [-0.05, 0) is 61.1 Å².